The molecule has 0 aliphatic carbocycles. The van der Waals surface area contributed by atoms with Crippen LogP contribution in [-0.2, 0) is 11.3 Å². The predicted molar refractivity (Wildman–Crippen MR) is 80.0 cm³/mol. The van der Waals surface area contributed by atoms with Crippen LogP contribution in [0.3, 0.4) is 0 Å². The minimum atomic E-state index is -0.976. The van der Waals surface area contributed by atoms with E-state index < -0.39 is 11.9 Å². The summed E-state index contributed by atoms with van der Waals surface area (Å²) in [5.74, 6) is -0.410. The lowest BCUT2D eigenvalue weighted by Crippen LogP contribution is -2.13. The summed E-state index contributed by atoms with van der Waals surface area (Å²) in [4.78, 5) is 0. The number of ether oxygens (including phenoxy) is 1. The lowest BCUT2D eigenvalue weighted by atomic mass is 10.1. The molecule has 1 atom stereocenters. The second-order valence-corrected chi connectivity index (χ2v) is 5.97. The molecule has 1 heterocycles. The molecule has 1 unspecified atom stereocenters. The fourth-order valence-corrected chi connectivity index (χ4v) is 2.89. The minimum absolute atomic E-state index is 0.410. The summed E-state index contributed by atoms with van der Waals surface area (Å²) in [6, 6.07) is 4.32. The van der Waals surface area contributed by atoms with Crippen LogP contribution in [0.25, 0.3) is 0 Å². The largest absolute Gasteiger partial charge is 0.383 e. The Kier molecular flexibility index (Phi) is 5.31. The Balaban J connectivity index is 2.36. The number of aliphatic hydroxyl groups excluding tert-OH is 1. The normalized spacial score (nSPS) is 12.7. The maximum atomic E-state index is 13.4. The van der Waals surface area contributed by atoms with Gasteiger partial charge in [-0.3, -0.25) is 4.68 Å². The maximum Gasteiger partial charge on any atom is 0.124 e. The summed E-state index contributed by atoms with van der Waals surface area (Å²) >= 11 is 6.57. The average Bonchev–Trinajstić information content (AvgIpc) is 2.75. The van der Waals surface area contributed by atoms with Crippen molar-refractivity contribution in [1.82, 2.24) is 9.78 Å². The molecule has 2 rings (SSSR count). The Morgan fingerprint density at radius 1 is 1.40 bits per heavy atom. The van der Waals surface area contributed by atoms with Crippen LogP contribution in [0, 0.1) is 5.82 Å². The molecule has 20 heavy (non-hydrogen) atoms. The number of rotatable bonds is 5. The fourth-order valence-electron chi connectivity index (χ4n) is 1.89. The first-order valence-electron chi connectivity index (χ1n) is 5.87. The van der Waals surface area contributed by atoms with Crippen LogP contribution >= 0.6 is 31.9 Å². The summed E-state index contributed by atoms with van der Waals surface area (Å²) < 4.78 is 21.3. The summed E-state index contributed by atoms with van der Waals surface area (Å²) in [7, 11) is 1.60. The lowest BCUT2D eigenvalue weighted by Gasteiger charge is -2.15. The van der Waals surface area contributed by atoms with E-state index in [1.807, 2.05) is 0 Å². The van der Waals surface area contributed by atoms with Gasteiger partial charge in [0.2, 0.25) is 0 Å². The number of benzene rings is 1. The van der Waals surface area contributed by atoms with E-state index in [4.69, 9.17) is 4.74 Å². The van der Waals surface area contributed by atoms with Crippen molar-refractivity contribution in [2.45, 2.75) is 12.6 Å². The average molecular weight is 408 g/mol. The van der Waals surface area contributed by atoms with Gasteiger partial charge in [-0.15, -0.1) is 0 Å². The summed E-state index contributed by atoms with van der Waals surface area (Å²) in [6.45, 7) is 0.978. The van der Waals surface area contributed by atoms with Crippen molar-refractivity contribution in [3.8, 4) is 0 Å². The lowest BCUT2D eigenvalue weighted by molar-refractivity contribution is 0.171. The van der Waals surface area contributed by atoms with Crippen LogP contribution in [0.15, 0.2) is 33.3 Å². The van der Waals surface area contributed by atoms with E-state index in [-0.39, 0.29) is 0 Å². The number of aromatic nitrogens is 2. The number of aliphatic hydroxyl groups is 1. The third-order valence-corrected chi connectivity index (χ3v) is 3.87. The highest BCUT2D eigenvalue weighted by Crippen LogP contribution is 2.30. The molecule has 0 radical (unpaired) electrons. The number of halogens is 3. The van der Waals surface area contributed by atoms with E-state index in [0.717, 1.165) is 0 Å². The highest BCUT2D eigenvalue weighted by atomic mass is 79.9. The van der Waals surface area contributed by atoms with E-state index in [9.17, 15) is 9.50 Å². The zero-order chi connectivity index (χ0) is 14.7. The standard InChI is InChI=1S/C13H13Br2FN2O2/c1-20-3-2-18-12(11(15)7-17-18)13(19)8-4-9(14)6-10(16)5-8/h4-7,13,19H,2-3H2,1H3. The van der Waals surface area contributed by atoms with Crippen LogP contribution in [0.1, 0.15) is 17.4 Å². The number of methoxy groups -OCH3 is 1. The van der Waals surface area contributed by atoms with E-state index >= 15 is 0 Å². The van der Waals surface area contributed by atoms with Crippen LogP contribution in [0.4, 0.5) is 4.39 Å². The van der Waals surface area contributed by atoms with Gasteiger partial charge in [-0.05, 0) is 39.7 Å². The van der Waals surface area contributed by atoms with Crippen molar-refractivity contribution in [2.24, 2.45) is 0 Å². The van der Waals surface area contributed by atoms with Gasteiger partial charge in [0.05, 0.1) is 29.5 Å². The van der Waals surface area contributed by atoms with Gasteiger partial charge in [0, 0.05) is 11.6 Å². The Labute approximate surface area is 132 Å². The van der Waals surface area contributed by atoms with Crippen molar-refractivity contribution in [3.63, 3.8) is 0 Å². The number of hydrogen-bond acceptors (Lipinski definition) is 3. The summed E-state index contributed by atoms with van der Waals surface area (Å²) in [5, 5.41) is 14.6. The van der Waals surface area contributed by atoms with E-state index in [0.29, 0.717) is 33.4 Å². The molecular formula is C13H13Br2FN2O2. The van der Waals surface area contributed by atoms with Crippen LogP contribution in [-0.4, -0.2) is 28.6 Å². The summed E-state index contributed by atoms with van der Waals surface area (Å²) in [6.07, 6.45) is 0.624. The van der Waals surface area contributed by atoms with Crippen molar-refractivity contribution in [2.75, 3.05) is 13.7 Å². The number of nitrogens with zero attached hydrogens (tertiary/aromatic N) is 2. The molecule has 0 amide bonds. The third-order valence-electron chi connectivity index (χ3n) is 2.80. The van der Waals surface area contributed by atoms with Crippen molar-refractivity contribution in [1.29, 1.82) is 0 Å². The molecule has 0 saturated heterocycles. The van der Waals surface area contributed by atoms with Gasteiger partial charge in [0.15, 0.2) is 0 Å². The smallest absolute Gasteiger partial charge is 0.124 e. The Morgan fingerprint density at radius 3 is 2.80 bits per heavy atom. The quantitative estimate of drug-likeness (QED) is 0.827. The molecule has 0 spiro atoms. The second kappa shape index (κ2) is 6.80. The highest BCUT2D eigenvalue weighted by molar-refractivity contribution is 9.10. The van der Waals surface area contributed by atoms with Gasteiger partial charge in [0.1, 0.15) is 11.9 Å². The SMILES string of the molecule is COCCn1ncc(Br)c1C(O)c1cc(F)cc(Br)c1. The monoisotopic (exact) mass is 406 g/mol. The molecule has 0 saturated carbocycles. The van der Waals surface area contributed by atoms with Crippen LogP contribution in [0.5, 0.6) is 0 Å². The molecule has 4 nitrogen and oxygen atoms in total. The maximum absolute atomic E-state index is 13.4. The molecule has 1 aromatic carbocycles. The molecule has 108 valence electrons. The van der Waals surface area contributed by atoms with E-state index in [1.54, 1.807) is 24.1 Å². The van der Waals surface area contributed by atoms with Crippen molar-refractivity contribution in [3.05, 3.63) is 50.4 Å². The molecule has 0 fully saturated rings. The van der Waals surface area contributed by atoms with Gasteiger partial charge >= 0.3 is 0 Å². The predicted octanol–water partition coefficient (Wildman–Crippen LogP) is 3.28. The summed E-state index contributed by atoms with van der Waals surface area (Å²) in [5.41, 5.74) is 1.02. The van der Waals surface area contributed by atoms with Gasteiger partial charge in [0.25, 0.3) is 0 Å². The zero-order valence-electron chi connectivity index (χ0n) is 10.7. The first-order valence-corrected chi connectivity index (χ1v) is 7.45. The molecule has 0 aliphatic rings. The molecule has 0 bridgehead atoms. The van der Waals surface area contributed by atoms with Gasteiger partial charge in [-0.2, -0.15) is 5.10 Å². The Morgan fingerprint density at radius 2 is 2.15 bits per heavy atom. The Hall–Kier alpha value is -0.760. The van der Waals surface area contributed by atoms with Crippen LogP contribution in [0.2, 0.25) is 0 Å². The highest BCUT2D eigenvalue weighted by Gasteiger charge is 2.20. The van der Waals surface area contributed by atoms with Gasteiger partial charge < -0.3 is 9.84 Å². The van der Waals surface area contributed by atoms with Crippen LogP contribution < -0.4 is 0 Å². The first-order chi connectivity index (χ1) is 9.52. The van der Waals surface area contributed by atoms with Gasteiger partial charge in [-0.25, -0.2) is 4.39 Å². The first kappa shape index (κ1) is 15.6. The topological polar surface area (TPSA) is 47.3 Å². The molecule has 1 N–H and O–H groups in total. The molecular weight excluding hydrogens is 395 g/mol. The minimum Gasteiger partial charge on any atom is -0.383 e. The van der Waals surface area contributed by atoms with Gasteiger partial charge in [-0.1, -0.05) is 15.9 Å². The molecule has 1 aromatic heterocycles. The van der Waals surface area contributed by atoms with E-state index in [2.05, 4.69) is 37.0 Å². The zero-order valence-corrected chi connectivity index (χ0v) is 13.9. The molecule has 7 heteroatoms. The second-order valence-electron chi connectivity index (χ2n) is 4.20. The van der Waals surface area contributed by atoms with Crippen molar-refractivity contribution >= 4 is 31.9 Å². The number of hydrogen-bond donors (Lipinski definition) is 1. The van der Waals surface area contributed by atoms with E-state index in [1.165, 1.54) is 12.1 Å². The van der Waals surface area contributed by atoms with Crippen molar-refractivity contribution < 1.29 is 14.2 Å². The third kappa shape index (κ3) is 3.46. The Bertz CT molecular complexity index is 584. The molecule has 0 aliphatic heterocycles. The molecule has 2 aromatic rings. The fraction of sp³-hybridized carbons (Fsp3) is 0.308.